The minimum Gasteiger partial charge on any atom is -0.358 e. The Bertz CT molecular complexity index is 371. The molecular weight excluding hydrogens is 216 g/mol. The molecular formula is C13H20N2S. The van der Waals surface area contributed by atoms with E-state index in [0.717, 1.165) is 5.69 Å². The van der Waals surface area contributed by atoms with E-state index in [0.29, 0.717) is 5.11 Å². The van der Waals surface area contributed by atoms with Gasteiger partial charge < -0.3 is 10.6 Å². The molecule has 2 nitrogen and oxygen atoms in total. The van der Waals surface area contributed by atoms with Crippen molar-refractivity contribution in [2.45, 2.75) is 40.2 Å². The standard InChI is InChI=1S/C13H20N2S/c1-9-6-10(2)8-11(7-9)14-12(16)15-13(3,4)5/h6-8H,1-5H3,(H2,14,15,16). The third-order valence-corrected chi connectivity index (χ3v) is 2.17. The van der Waals surface area contributed by atoms with Crippen molar-refractivity contribution in [2.75, 3.05) is 5.32 Å². The SMILES string of the molecule is Cc1cc(C)cc(NC(=S)NC(C)(C)C)c1. The predicted molar refractivity (Wildman–Crippen MR) is 75.0 cm³/mol. The molecule has 1 aromatic carbocycles. The molecule has 16 heavy (non-hydrogen) atoms. The van der Waals surface area contributed by atoms with Crippen LogP contribution in [-0.2, 0) is 0 Å². The Morgan fingerprint density at radius 1 is 1.06 bits per heavy atom. The van der Waals surface area contributed by atoms with Gasteiger partial charge in [0.1, 0.15) is 0 Å². The van der Waals surface area contributed by atoms with Crippen molar-refractivity contribution in [3.8, 4) is 0 Å². The second kappa shape index (κ2) is 4.83. The third-order valence-electron chi connectivity index (χ3n) is 1.97. The van der Waals surface area contributed by atoms with Gasteiger partial charge in [0.05, 0.1) is 0 Å². The van der Waals surface area contributed by atoms with Gasteiger partial charge in [-0.2, -0.15) is 0 Å². The normalized spacial score (nSPS) is 11.1. The Balaban J connectivity index is 2.70. The number of hydrogen-bond acceptors (Lipinski definition) is 1. The molecule has 0 bridgehead atoms. The van der Waals surface area contributed by atoms with E-state index in [1.165, 1.54) is 11.1 Å². The van der Waals surface area contributed by atoms with Crippen LogP contribution >= 0.6 is 12.2 Å². The van der Waals surface area contributed by atoms with Gasteiger partial charge in [-0.15, -0.1) is 0 Å². The van der Waals surface area contributed by atoms with Gasteiger partial charge in [-0.3, -0.25) is 0 Å². The summed E-state index contributed by atoms with van der Waals surface area (Å²) >= 11 is 5.25. The van der Waals surface area contributed by atoms with Gasteiger partial charge in [-0.1, -0.05) is 6.07 Å². The molecule has 0 aliphatic carbocycles. The number of nitrogens with one attached hydrogen (secondary N) is 2. The second-order valence-corrected chi connectivity index (χ2v) is 5.61. The summed E-state index contributed by atoms with van der Waals surface area (Å²) in [5.41, 5.74) is 3.50. The maximum absolute atomic E-state index is 5.25. The summed E-state index contributed by atoms with van der Waals surface area (Å²) in [5.74, 6) is 0. The number of aryl methyl sites for hydroxylation is 2. The van der Waals surface area contributed by atoms with Gasteiger partial charge in [-0.05, 0) is 70.1 Å². The summed E-state index contributed by atoms with van der Waals surface area (Å²) in [6, 6.07) is 6.32. The number of hydrogen-bond donors (Lipinski definition) is 2. The van der Waals surface area contributed by atoms with Crippen molar-refractivity contribution in [2.24, 2.45) is 0 Å². The first-order valence-corrected chi connectivity index (χ1v) is 5.84. The Morgan fingerprint density at radius 3 is 2.00 bits per heavy atom. The van der Waals surface area contributed by atoms with Gasteiger partial charge in [0, 0.05) is 11.2 Å². The minimum atomic E-state index is -0.0110. The third kappa shape index (κ3) is 4.62. The summed E-state index contributed by atoms with van der Waals surface area (Å²) in [7, 11) is 0. The number of thiocarbonyl (C=S) groups is 1. The monoisotopic (exact) mass is 236 g/mol. The van der Waals surface area contributed by atoms with E-state index in [9.17, 15) is 0 Å². The molecule has 0 heterocycles. The molecule has 0 aliphatic heterocycles. The maximum atomic E-state index is 5.25. The predicted octanol–water partition coefficient (Wildman–Crippen LogP) is 3.39. The highest BCUT2D eigenvalue weighted by Gasteiger charge is 2.10. The Labute approximate surface area is 103 Å². The van der Waals surface area contributed by atoms with E-state index in [2.05, 4.69) is 63.5 Å². The number of benzene rings is 1. The van der Waals surface area contributed by atoms with Crippen LogP contribution in [0.2, 0.25) is 0 Å². The van der Waals surface area contributed by atoms with Crippen LogP contribution in [0.25, 0.3) is 0 Å². The van der Waals surface area contributed by atoms with Crippen LogP contribution in [0.1, 0.15) is 31.9 Å². The van der Waals surface area contributed by atoms with Gasteiger partial charge in [0.25, 0.3) is 0 Å². The fourth-order valence-electron chi connectivity index (χ4n) is 1.55. The first kappa shape index (κ1) is 13.0. The van der Waals surface area contributed by atoms with Crippen LogP contribution in [0.3, 0.4) is 0 Å². The summed E-state index contributed by atoms with van der Waals surface area (Å²) in [6.07, 6.45) is 0. The van der Waals surface area contributed by atoms with Crippen LogP contribution in [0, 0.1) is 13.8 Å². The average Bonchev–Trinajstić information content (AvgIpc) is 1.96. The Kier molecular flexibility index (Phi) is 3.92. The number of rotatable bonds is 1. The Morgan fingerprint density at radius 2 is 1.56 bits per heavy atom. The molecule has 0 spiro atoms. The Hall–Kier alpha value is -1.09. The zero-order valence-electron chi connectivity index (χ0n) is 10.6. The highest BCUT2D eigenvalue weighted by Crippen LogP contribution is 2.13. The van der Waals surface area contributed by atoms with E-state index in [4.69, 9.17) is 12.2 Å². The molecule has 1 aromatic rings. The van der Waals surface area contributed by atoms with Crippen molar-refractivity contribution < 1.29 is 0 Å². The van der Waals surface area contributed by atoms with Crippen LogP contribution in [0.15, 0.2) is 18.2 Å². The first-order valence-electron chi connectivity index (χ1n) is 5.44. The van der Waals surface area contributed by atoms with E-state index >= 15 is 0 Å². The maximum Gasteiger partial charge on any atom is 0.171 e. The molecule has 1 rings (SSSR count). The lowest BCUT2D eigenvalue weighted by Gasteiger charge is -2.23. The van der Waals surface area contributed by atoms with Crippen molar-refractivity contribution in [1.82, 2.24) is 5.32 Å². The molecule has 0 saturated carbocycles. The molecule has 0 unspecified atom stereocenters. The van der Waals surface area contributed by atoms with Crippen LogP contribution < -0.4 is 10.6 Å². The summed E-state index contributed by atoms with van der Waals surface area (Å²) < 4.78 is 0. The largest absolute Gasteiger partial charge is 0.358 e. The molecule has 88 valence electrons. The summed E-state index contributed by atoms with van der Waals surface area (Å²) in [4.78, 5) is 0. The lowest BCUT2D eigenvalue weighted by atomic mass is 10.1. The van der Waals surface area contributed by atoms with Crippen LogP contribution in [0.5, 0.6) is 0 Å². The fourth-order valence-corrected chi connectivity index (χ4v) is 1.97. The van der Waals surface area contributed by atoms with Crippen molar-refractivity contribution in [3.05, 3.63) is 29.3 Å². The van der Waals surface area contributed by atoms with Crippen LogP contribution in [-0.4, -0.2) is 10.7 Å². The molecule has 0 saturated heterocycles. The molecule has 0 amide bonds. The molecule has 0 atom stereocenters. The number of anilines is 1. The van der Waals surface area contributed by atoms with Gasteiger partial charge in [0.15, 0.2) is 5.11 Å². The van der Waals surface area contributed by atoms with E-state index in [1.54, 1.807) is 0 Å². The quantitative estimate of drug-likeness (QED) is 0.731. The van der Waals surface area contributed by atoms with E-state index in [1.807, 2.05) is 0 Å². The van der Waals surface area contributed by atoms with Gasteiger partial charge in [-0.25, -0.2) is 0 Å². The van der Waals surface area contributed by atoms with E-state index in [-0.39, 0.29) is 5.54 Å². The smallest absolute Gasteiger partial charge is 0.171 e. The molecule has 3 heteroatoms. The van der Waals surface area contributed by atoms with Crippen molar-refractivity contribution in [1.29, 1.82) is 0 Å². The molecule has 0 radical (unpaired) electrons. The highest BCUT2D eigenvalue weighted by atomic mass is 32.1. The summed E-state index contributed by atoms with van der Waals surface area (Å²) in [6.45, 7) is 10.4. The lowest BCUT2D eigenvalue weighted by molar-refractivity contribution is 0.515. The zero-order valence-corrected chi connectivity index (χ0v) is 11.5. The fraction of sp³-hybridized carbons (Fsp3) is 0.462. The molecule has 0 aromatic heterocycles. The average molecular weight is 236 g/mol. The second-order valence-electron chi connectivity index (χ2n) is 5.21. The highest BCUT2D eigenvalue weighted by molar-refractivity contribution is 7.80. The lowest BCUT2D eigenvalue weighted by Crippen LogP contribution is -2.42. The molecule has 2 N–H and O–H groups in total. The molecule has 0 fully saturated rings. The first-order chi connectivity index (χ1) is 7.26. The van der Waals surface area contributed by atoms with Crippen molar-refractivity contribution >= 4 is 23.0 Å². The van der Waals surface area contributed by atoms with Gasteiger partial charge in [0.2, 0.25) is 0 Å². The zero-order chi connectivity index (χ0) is 12.3. The summed E-state index contributed by atoms with van der Waals surface area (Å²) in [5, 5.41) is 7.09. The molecule has 0 aliphatic rings. The minimum absolute atomic E-state index is 0.0110. The van der Waals surface area contributed by atoms with Gasteiger partial charge >= 0.3 is 0 Å². The topological polar surface area (TPSA) is 24.1 Å². The van der Waals surface area contributed by atoms with Crippen LogP contribution in [0.4, 0.5) is 5.69 Å². The van der Waals surface area contributed by atoms with E-state index < -0.39 is 0 Å². The van der Waals surface area contributed by atoms with Crippen molar-refractivity contribution in [3.63, 3.8) is 0 Å².